The number of carbonyl (C=O) groups is 1. The lowest BCUT2D eigenvalue weighted by Gasteiger charge is -2.40. The predicted octanol–water partition coefficient (Wildman–Crippen LogP) is 5.06. The van der Waals surface area contributed by atoms with Crippen LogP contribution in [0.3, 0.4) is 0 Å². The largest absolute Gasteiger partial charge is 0.573 e. The standard InChI is InChI=1S/C20H28BrF3N2O4/c1-14-13-26(18(27)30-19(2,3)4)10-9-25(14)8-5-11-28-17-12-15(6-7-16(17)21)29-20(22,23)24/h6-7,12,14H,5,8-11,13H2,1-4H3. The van der Waals surface area contributed by atoms with Crippen LogP contribution in [-0.4, -0.2) is 66.7 Å². The molecule has 0 aromatic heterocycles. The zero-order valence-electron chi connectivity index (χ0n) is 17.6. The van der Waals surface area contributed by atoms with Crippen molar-refractivity contribution in [3.05, 3.63) is 22.7 Å². The van der Waals surface area contributed by atoms with Crippen LogP contribution in [0.2, 0.25) is 0 Å². The summed E-state index contributed by atoms with van der Waals surface area (Å²) in [5, 5.41) is 0. The average Bonchev–Trinajstić information content (AvgIpc) is 2.59. The number of halogens is 4. The van der Waals surface area contributed by atoms with E-state index < -0.39 is 12.0 Å². The van der Waals surface area contributed by atoms with Crippen LogP contribution in [0.15, 0.2) is 22.7 Å². The van der Waals surface area contributed by atoms with Gasteiger partial charge in [0.05, 0.1) is 11.1 Å². The van der Waals surface area contributed by atoms with Gasteiger partial charge in [0.2, 0.25) is 0 Å². The number of alkyl halides is 3. The Morgan fingerprint density at radius 1 is 1.23 bits per heavy atom. The molecule has 1 aliphatic heterocycles. The third-order valence-electron chi connectivity index (χ3n) is 4.40. The second-order valence-electron chi connectivity index (χ2n) is 8.15. The molecule has 0 bridgehead atoms. The minimum atomic E-state index is -4.75. The summed E-state index contributed by atoms with van der Waals surface area (Å²) >= 11 is 3.27. The number of nitrogens with zero attached hydrogens (tertiary/aromatic N) is 2. The van der Waals surface area contributed by atoms with Crippen molar-refractivity contribution < 1.29 is 32.2 Å². The molecule has 1 amide bonds. The fourth-order valence-electron chi connectivity index (χ4n) is 3.06. The summed E-state index contributed by atoms with van der Waals surface area (Å²) in [5.41, 5.74) is -0.522. The maximum atomic E-state index is 12.4. The molecule has 1 aromatic carbocycles. The van der Waals surface area contributed by atoms with Gasteiger partial charge in [0.25, 0.3) is 0 Å². The molecule has 170 valence electrons. The number of hydrogen-bond acceptors (Lipinski definition) is 5. The number of benzene rings is 1. The summed E-state index contributed by atoms with van der Waals surface area (Å²) in [6.07, 6.45) is -4.36. The SMILES string of the molecule is CC1CN(C(=O)OC(C)(C)C)CCN1CCCOc1cc(OC(F)(F)F)ccc1Br. The van der Waals surface area contributed by atoms with E-state index in [0.717, 1.165) is 13.1 Å². The van der Waals surface area contributed by atoms with Gasteiger partial charge in [-0.3, -0.25) is 4.90 Å². The average molecular weight is 497 g/mol. The van der Waals surface area contributed by atoms with Crippen LogP contribution in [0.25, 0.3) is 0 Å². The topological polar surface area (TPSA) is 51.2 Å². The van der Waals surface area contributed by atoms with Gasteiger partial charge in [0.15, 0.2) is 0 Å². The Hall–Kier alpha value is -1.68. The Kier molecular flexibility index (Phi) is 8.27. The monoisotopic (exact) mass is 496 g/mol. The molecule has 30 heavy (non-hydrogen) atoms. The number of carbonyl (C=O) groups excluding carboxylic acids is 1. The summed E-state index contributed by atoms with van der Waals surface area (Å²) in [5.74, 6) is -0.0351. The van der Waals surface area contributed by atoms with Crippen LogP contribution in [0.1, 0.15) is 34.1 Å². The highest BCUT2D eigenvalue weighted by Gasteiger charge is 2.31. The van der Waals surface area contributed by atoms with Crippen molar-refractivity contribution >= 4 is 22.0 Å². The van der Waals surface area contributed by atoms with E-state index in [4.69, 9.17) is 9.47 Å². The first kappa shape index (κ1) is 24.6. The Balaban J connectivity index is 1.77. The van der Waals surface area contributed by atoms with Crippen molar-refractivity contribution in [2.24, 2.45) is 0 Å². The lowest BCUT2D eigenvalue weighted by molar-refractivity contribution is -0.274. The fourth-order valence-corrected chi connectivity index (χ4v) is 3.42. The van der Waals surface area contributed by atoms with Crippen molar-refractivity contribution in [3.63, 3.8) is 0 Å². The summed E-state index contributed by atoms with van der Waals surface area (Å²) < 4.78 is 52.6. The van der Waals surface area contributed by atoms with Gasteiger partial charge in [-0.1, -0.05) is 0 Å². The lowest BCUT2D eigenvalue weighted by Crippen LogP contribution is -2.54. The van der Waals surface area contributed by atoms with Gasteiger partial charge < -0.3 is 19.1 Å². The molecule has 1 aromatic rings. The van der Waals surface area contributed by atoms with E-state index in [2.05, 4.69) is 25.6 Å². The first-order valence-corrected chi connectivity index (χ1v) is 10.5. The second-order valence-corrected chi connectivity index (χ2v) is 9.01. The van der Waals surface area contributed by atoms with Gasteiger partial charge >= 0.3 is 12.5 Å². The van der Waals surface area contributed by atoms with E-state index in [1.165, 1.54) is 18.2 Å². The first-order chi connectivity index (χ1) is 13.8. The van der Waals surface area contributed by atoms with Gasteiger partial charge in [0, 0.05) is 38.3 Å². The van der Waals surface area contributed by atoms with Crippen molar-refractivity contribution in [1.29, 1.82) is 0 Å². The van der Waals surface area contributed by atoms with Crippen LogP contribution in [0.5, 0.6) is 11.5 Å². The molecule has 6 nitrogen and oxygen atoms in total. The van der Waals surface area contributed by atoms with Crippen molar-refractivity contribution in [1.82, 2.24) is 9.80 Å². The molecule has 1 atom stereocenters. The Morgan fingerprint density at radius 2 is 1.93 bits per heavy atom. The molecular weight excluding hydrogens is 469 g/mol. The highest BCUT2D eigenvalue weighted by Crippen LogP contribution is 2.32. The third kappa shape index (κ3) is 8.22. The molecule has 0 spiro atoms. The van der Waals surface area contributed by atoms with Crippen LogP contribution in [0.4, 0.5) is 18.0 Å². The molecular formula is C20H28BrF3N2O4. The summed E-state index contributed by atoms with van der Waals surface area (Å²) in [6.45, 7) is 10.5. The molecule has 1 fully saturated rings. The molecule has 0 saturated carbocycles. The minimum absolute atomic E-state index is 0.168. The van der Waals surface area contributed by atoms with E-state index >= 15 is 0 Å². The Bertz CT molecular complexity index is 725. The molecule has 0 radical (unpaired) electrons. The van der Waals surface area contributed by atoms with E-state index in [1.807, 2.05) is 27.7 Å². The molecule has 10 heteroatoms. The van der Waals surface area contributed by atoms with E-state index in [-0.39, 0.29) is 17.9 Å². The van der Waals surface area contributed by atoms with Gasteiger partial charge in [-0.05, 0) is 62.2 Å². The molecule has 1 saturated heterocycles. The van der Waals surface area contributed by atoms with E-state index in [9.17, 15) is 18.0 Å². The normalized spacial score (nSPS) is 18.3. The number of rotatable bonds is 6. The summed E-state index contributed by atoms with van der Waals surface area (Å²) in [7, 11) is 0. The molecule has 0 N–H and O–H groups in total. The van der Waals surface area contributed by atoms with E-state index in [0.29, 0.717) is 36.3 Å². The highest BCUT2D eigenvalue weighted by atomic mass is 79.9. The maximum Gasteiger partial charge on any atom is 0.573 e. The predicted molar refractivity (Wildman–Crippen MR) is 110 cm³/mol. The van der Waals surface area contributed by atoms with Crippen molar-refractivity contribution in [2.45, 2.75) is 52.1 Å². The van der Waals surface area contributed by atoms with Gasteiger partial charge in [-0.25, -0.2) is 4.79 Å². The number of ether oxygens (including phenoxy) is 3. The molecule has 2 rings (SSSR count). The zero-order chi connectivity index (χ0) is 22.5. The molecule has 1 aliphatic rings. The summed E-state index contributed by atoms with van der Waals surface area (Å²) in [4.78, 5) is 16.2. The number of hydrogen-bond donors (Lipinski definition) is 0. The summed E-state index contributed by atoms with van der Waals surface area (Å²) in [6, 6.07) is 4.05. The fraction of sp³-hybridized carbons (Fsp3) is 0.650. The van der Waals surface area contributed by atoms with Crippen LogP contribution >= 0.6 is 15.9 Å². The lowest BCUT2D eigenvalue weighted by atomic mass is 10.2. The third-order valence-corrected chi connectivity index (χ3v) is 5.06. The van der Waals surface area contributed by atoms with Crippen molar-refractivity contribution in [2.75, 3.05) is 32.8 Å². The number of amides is 1. The maximum absolute atomic E-state index is 12.4. The quantitative estimate of drug-likeness (QED) is 0.515. The Labute approximate surface area is 183 Å². The van der Waals surface area contributed by atoms with Crippen LogP contribution in [0, 0.1) is 0 Å². The van der Waals surface area contributed by atoms with Crippen molar-refractivity contribution in [3.8, 4) is 11.5 Å². The zero-order valence-corrected chi connectivity index (χ0v) is 19.2. The molecule has 1 unspecified atom stereocenters. The molecule has 1 heterocycles. The van der Waals surface area contributed by atoms with Crippen LogP contribution in [-0.2, 0) is 4.74 Å². The molecule has 0 aliphatic carbocycles. The second kappa shape index (κ2) is 10.1. The highest BCUT2D eigenvalue weighted by molar-refractivity contribution is 9.10. The first-order valence-electron chi connectivity index (χ1n) is 9.74. The van der Waals surface area contributed by atoms with E-state index in [1.54, 1.807) is 4.90 Å². The Morgan fingerprint density at radius 3 is 2.53 bits per heavy atom. The number of piperazine rings is 1. The van der Waals surface area contributed by atoms with Crippen LogP contribution < -0.4 is 9.47 Å². The van der Waals surface area contributed by atoms with Gasteiger partial charge in [-0.2, -0.15) is 0 Å². The minimum Gasteiger partial charge on any atom is -0.492 e. The van der Waals surface area contributed by atoms with Gasteiger partial charge in [-0.15, -0.1) is 13.2 Å². The van der Waals surface area contributed by atoms with Gasteiger partial charge in [0.1, 0.15) is 17.1 Å². The smallest absolute Gasteiger partial charge is 0.492 e.